The van der Waals surface area contributed by atoms with Crippen molar-refractivity contribution in [2.45, 2.75) is 25.3 Å². The molecule has 0 aromatic heterocycles. The monoisotopic (exact) mass is 332 g/mol. The molecule has 1 N–H and O–H groups in total. The van der Waals surface area contributed by atoms with Gasteiger partial charge < -0.3 is 10.2 Å². The van der Waals surface area contributed by atoms with Crippen molar-refractivity contribution in [1.29, 1.82) is 5.26 Å². The number of hydrogen-bond acceptors (Lipinski definition) is 4. The molecule has 0 heterocycles. The number of benzene rings is 1. The Balaban J connectivity index is 1.97. The second-order valence-corrected chi connectivity index (χ2v) is 5.92. The minimum absolute atomic E-state index is 0.0299. The average Bonchev–Trinajstić information content (AvgIpc) is 3.32. The average molecular weight is 332 g/mol. The molecular formula is C17H21FN4O2. The summed E-state index contributed by atoms with van der Waals surface area (Å²) in [4.78, 5) is 27.1. The zero-order valence-electron chi connectivity index (χ0n) is 13.7. The highest BCUT2D eigenvalue weighted by molar-refractivity contribution is 5.95. The molecule has 7 heteroatoms. The first-order valence-corrected chi connectivity index (χ1v) is 7.91. The number of rotatable bonds is 8. The number of carbonyl (C=O) groups is 2. The Morgan fingerprint density at radius 2 is 2.04 bits per heavy atom. The van der Waals surface area contributed by atoms with Crippen LogP contribution in [0.25, 0.3) is 0 Å². The Kier molecular flexibility index (Phi) is 6.27. The largest absolute Gasteiger partial charge is 0.352 e. The van der Waals surface area contributed by atoms with E-state index in [9.17, 15) is 14.0 Å². The zero-order valence-corrected chi connectivity index (χ0v) is 13.7. The van der Waals surface area contributed by atoms with Crippen molar-refractivity contribution >= 4 is 17.5 Å². The summed E-state index contributed by atoms with van der Waals surface area (Å²) in [5.41, 5.74) is 0.147. The highest BCUT2D eigenvalue weighted by Crippen LogP contribution is 2.20. The summed E-state index contributed by atoms with van der Waals surface area (Å²) in [6.07, 6.45) is 2.11. The van der Waals surface area contributed by atoms with E-state index in [-0.39, 0.29) is 49.6 Å². The molecule has 0 saturated heterocycles. The van der Waals surface area contributed by atoms with Crippen molar-refractivity contribution in [3.8, 4) is 6.07 Å². The molecule has 0 unspecified atom stereocenters. The second-order valence-electron chi connectivity index (χ2n) is 5.92. The molecule has 0 bridgehead atoms. The number of halogens is 1. The molecule has 0 atom stereocenters. The van der Waals surface area contributed by atoms with Gasteiger partial charge in [0, 0.05) is 12.6 Å². The molecular weight excluding hydrogens is 311 g/mol. The summed E-state index contributed by atoms with van der Waals surface area (Å²) in [7, 11) is 1.66. The smallest absolute Gasteiger partial charge is 0.241 e. The van der Waals surface area contributed by atoms with Gasteiger partial charge in [0.2, 0.25) is 11.8 Å². The van der Waals surface area contributed by atoms with Crippen LogP contribution in [0.4, 0.5) is 10.1 Å². The highest BCUT2D eigenvalue weighted by Gasteiger charge is 2.25. The Bertz CT molecular complexity index is 640. The standard InChI is InChI=1S/C17H21FN4O2/c1-21(11-16(23)20-13-7-8-13)12-17(24)22(10-4-9-19)15-6-3-2-5-14(15)18/h2-3,5-6,13H,4,7-8,10-12H2,1H3,(H,20,23). The van der Waals surface area contributed by atoms with E-state index in [2.05, 4.69) is 5.32 Å². The molecule has 2 rings (SSSR count). The van der Waals surface area contributed by atoms with Crippen LogP contribution in [-0.2, 0) is 9.59 Å². The lowest BCUT2D eigenvalue weighted by atomic mass is 10.2. The van der Waals surface area contributed by atoms with E-state index in [1.165, 1.54) is 17.0 Å². The molecule has 0 spiro atoms. The van der Waals surface area contributed by atoms with E-state index >= 15 is 0 Å². The van der Waals surface area contributed by atoms with Crippen molar-refractivity contribution in [1.82, 2.24) is 10.2 Å². The Morgan fingerprint density at radius 3 is 2.67 bits per heavy atom. The Hall–Kier alpha value is -2.46. The van der Waals surface area contributed by atoms with E-state index in [1.807, 2.05) is 6.07 Å². The molecule has 24 heavy (non-hydrogen) atoms. The number of nitrogens with one attached hydrogen (secondary N) is 1. The van der Waals surface area contributed by atoms with Crippen LogP contribution in [0.2, 0.25) is 0 Å². The van der Waals surface area contributed by atoms with Crippen molar-refractivity contribution in [3.63, 3.8) is 0 Å². The fourth-order valence-corrected chi connectivity index (χ4v) is 2.33. The third-order valence-corrected chi connectivity index (χ3v) is 3.65. The van der Waals surface area contributed by atoms with Gasteiger partial charge in [-0.05, 0) is 32.0 Å². The van der Waals surface area contributed by atoms with E-state index < -0.39 is 5.82 Å². The lowest BCUT2D eigenvalue weighted by Gasteiger charge is -2.25. The third kappa shape index (κ3) is 5.32. The molecule has 1 saturated carbocycles. The SMILES string of the molecule is CN(CC(=O)NC1CC1)CC(=O)N(CCC#N)c1ccccc1F. The summed E-state index contributed by atoms with van der Waals surface area (Å²) in [6, 6.07) is 8.19. The van der Waals surface area contributed by atoms with E-state index in [0.717, 1.165) is 12.8 Å². The van der Waals surface area contributed by atoms with Crippen LogP contribution in [0.5, 0.6) is 0 Å². The molecule has 1 aliphatic rings. The van der Waals surface area contributed by atoms with Crippen LogP contribution < -0.4 is 10.2 Å². The number of nitrogens with zero attached hydrogens (tertiary/aromatic N) is 3. The van der Waals surface area contributed by atoms with Gasteiger partial charge in [0.1, 0.15) is 5.82 Å². The Labute approximate surface area is 140 Å². The molecule has 1 aromatic rings. The van der Waals surface area contributed by atoms with Gasteiger partial charge >= 0.3 is 0 Å². The van der Waals surface area contributed by atoms with Gasteiger partial charge in [-0.15, -0.1) is 0 Å². The fourth-order valence-electron chi connectivity index (χ4n) is 2.33. The van der Waals surface area contributed by atoms with Crippen molar-refractivity contribution in [2.24, 2.45) is 0 Å². The molecule has 0 aliphatic heterocycles. The van der Waals surface area contributed by atoms with E-state index in [0.29, 0.717) is 0 Å². The molecule has 2 amide bonds. The minimum atomic E-state index is -0.516. The number of hydrogen-bond donors (Lipinski definition) is 1. The van der Waals surface area contributed by atoms with Gasteiger partial charge in [0.15, 0.2) is 0 Å². The number of para-hydroxylation sites is 1. The van der Waals surface area contributed by atoms with Gasteiger partial charge in [-0.25, -0.2) is 4.39 Å². The number of anilines is 1. The lowest BCUT2D eigenvalue weighted by Crippen LogP contribution is -2.43. The van der Waals surface area contributed by atoms with Crippen molar-refractivity contribution in [2.75, 3.05) is 31.6 Å². The molecule has 6 nitrogen and oxygen atoms in total. The maximum atomic E-state index is 14.0. The van der Waals surface area contributed by atoms with Crippen molar-refractivity contribution in [3.05, 3.63) is 30.1 Å². The number of nitriles is 1. The molecule has 1 aromatic carbocycles. The summed E-state index contributed by atoms with van der Waals surface area (Å²) in [5.74, 6) is -0.989. The first kappa shape index (κ1) is 17.9. The van der Waals surface area contributed by atoms with Gasteiger partial charge in [0.25, 0.3) is 0 Å². The van der Waals surface area contributed by atoms with Crippen LogP contribution in [0.15, 0.2) is 24.3 Å². The summed E-state index contributed by atoms with van der Waals surface area (Å²) >= 11 is 0. The van der Waals surface area contributed by atoms with Gasteiger partial charge in [-0.3, -0.25) is 14.5 Å². The number of amides is 2. The maximum Gasteiger partial charge on any atom is 0.241 e. The maximum absolute atomic E-state index is 14.0. The van der Waals surface area contributed by atoms with Crippen molar-refractivity contribution < 1.29 is 14.0 Å². The van der Waals surface area contributed by atoms with Crippen LogP contribution in [0.3, 0.4) is 0 Å². The van der Waals surface area contributed by atoms with Gasteiger partial charge in [0.05, 0.1) is 31.3 Å². The number of likely N-dealkylation sites (N-methyl/N-ethyl adjacent to an activating group) is 1. The number of carbonyl (C=O) groups excluding carboxylic acids is 2. The Morgan fingerprint density at radius 1 is 1.33 bits per heavy atom. The predicted molar refractivity (Wildman–Crippen MR) is 87.6 cm³/mol. The first-order chi connectivity index (χ1) is 11.5. The minimum Gasteiger partial charge on any atom is -0.352 e. The molecule has 0 radical (unpaired) electrons. The summed E-state index contributed by atoms with van der Waals surface area (Å²) in [5, 5.41) is 11.6. The summed E-state index contributed by atoms with van der Waals surface area (Å²) in [6.45, 7) is 0.182. The van der Waals surface area contributed by atoms with Crippen LogP contribution >= 0.6 is 0 Å². The normalized spacial score (nSPS) is 13.4. The quantitative estimate of drug-likeness (QED) is 0.778. The zero-order chi connectivity index (χ0) is 17.5. The van der Waals surface area contributed by atoms with Gasteiger partial charge in [-0.1, -0.05) is 12.1 Å². The van der Waals surface area contributed by atoms with E-state index in [1.54, 1.807) is 24.1 Å². The highest BCUT2D eigenvalue weighted by atomic mass is 19.1. The van der Waals surface area contributed by atoms with Crippen LogP contribution in [-0.4, -0.2) is 49.4 Å². The summed E-state index contributed by atoms with van der Waals surface area (Å²) < 4.78 is 14.0. The molecule has 1 fully saturated rings. The second kappa shape index (κ2) is 8.41. The third-order valence-electron chi connectivity index (χ3n) is 3.65. The van der Waals surface area contributed by atoms with E-state index in [4.69, 9.17) is 5.26 Å². The van der Waals surface area contributed by atoms with Gasteiger partial charge in [-0.2, -0.15) is 5.26 Å². The molecule has 128 valence electrons. The molecule has 1 aliphatic carbocycles. The fraction of sp³-hybridized carbons (Fsp3) is 0.471. The lowest BCUT2D eigenvalue weighted by molar-refractivity contribution is -0.123. The first-order valence-electron chi connectivity index (χ1n) is 7.91. The topological polar surface area (TPSA) is 76.4 Å². The van der Waals surface area contributed by atoms with Crippen LogP contribution in [0.1, 0.15) is 19.3 Å². The predicted octanol–water partition coefficient (Wildman–Crippen LogP) is 1.28. The van der Waals surface area contributed by atoms with Crippen LogP contribution in [0, 0.1) is 17.1 Å².